The number of phenolic OH excluding ortho intramolecular Hbond substituents is 2. The summed E-state index contributed by atoms with van der Waals surface area (Å²) in [5, 5.41) is 46.3. The van der Waals surface area contributed by atoms with E-state index in [9.17, 15) is 43.1 Å². The number of hydrogen-bond acceptors (Lipinski definition) is 7. The number of amidine groups is 1. The van der Waals surface area contributed by atoms with Crippen LogP contribution in [0.25, 0.3) is 0 Å². The zero-order chi connectivity index (χ0) is 33.9. The molecule has 13 nitrogen and oxygen atoms in total. The second-order valence-electron chi connectivity index (χ2n) is 9.18. The lowest BCUT2D eigenvalue weighted by Crippen LogP contribution is -2.54. The lowest BCUT2D eigenvalue weighted by Gasteiger charge is -2.35. The van der Waals surface area contributed by atoms with Gasteiger partial charge in [0.15, 0.2) is 0 Å². The van der Waals surface area contributed by atoms with E-state index in [0.717, 1.165) is 36.4 Å². The van der Waals surface area contributed by atoms with Crippen LogP contribution in [0.15, 0.2) is 83.3 Å². The predicted octanol–water partition coefficient (Wildman–Crippen LogP) is 7.42. The van der Waals surface area contributed by atoms with Gasteiger partial charge in [0.2, 0.25) is 5.75 Å². The SMILES string of the molecule is N=C(N)c1ccc(N(C(=O)Nc2ccccc2Br)N(C(=O)Nc2cc(C(F)(F)F)ccc2Cl)c2cccc([N+](=O)[O-])c2O)c(O)c1. The van der Waals surface area contributed by atoms with Gasteiger partial charge in [0.1, 0.15) is 23.0 Å². The number of benzene rings is 4. The van der Waals surface area contributed by atoms with Gasteiger partial charge in [0.25, 0.3) is 0 Å². The molecule has 0 aliphatic heterocycles. The number of rotatable bonds is 6. The molecule has 238 valence electrons. The standard InChI is InChI=1S/C28H20BrClF3N7O6/c29-16-4-1-2-5-18(16)36-26(43)38(20-11-8-14(25(34)35)12-23(20)41)39(21-6-3-7-22(24(21)42)40(45)46)27(44)37-19-13-15(28(31,32)33)9-10-17(19)30/h1-13,41-42H,(H3,34,35)(H,36,43)(H,37,44). The Morgan fingerprint density at radius 2 is 1.54 bits per heavy atom. The average Bonchev–Trinajstić information content (AvgIpc) is 2.98. The fourth-order valence-corrected chi connectivity index (χ4v) is 4.57. The number of alkyl halides is 3. The van der Waals surface area contributed by atoms with E-state index in [2.05, 4.69) is 26.6 Å². The molecule has 7 N–H and O–H groups in total. The van der Waals surface area contributed by atoms with Crippen molar-refractivity contribution in [2.24, 2.45) is 5.73 Å². The van der Waals surface area contributed by atoms with Crippen molar-refractivity contribution < 1.29 is 37.9 Å². The molecule has 0 radical (unpaired) electrons. The van der Waals surface area contributed by atoms with Gasteiger partial charge in [0.05, 0.1) is 26.9 Å². The Morgan fingerprint density at radius 1 is 0.913 bits per heavy atom. The Bertz CT molecular complexity index is 1880. The zero-order valence-electron chi connectivity index (χ0n) is 22.8. The van der Waals surface area contributed by atoms with Gasteiger partial charge in [-0.1, -0.05) is 29.8 Å². The van der Waals surface area contributed by atoms with Crippen LogP contribution in [0.3, 0.4) is 0 Å². The molecule has 0 heterocycles. The summed E-state index contributed by atoms with van der Waals surface area (Å²) in [6.07, 6.45) is -4.85. The van der Waals surface area contributed by atoms with Crippen LogP contribution in [0, 0.1) is 15.5 Å². The first-order chi connectivity index (χ1) is 21.6. The molecule has 18 heteroatoms. The minimum Gasteiger partial charge on any atom is -0.506 e. The number of urea groups is 2. The fraction of sp³-hybridized carbons (Fsp3) is 0.0357. The molecule has 46 heavy (non-hydrogen) atoms. The summed E-state index contributed by atoms with van der Waals surface area (Å²) in [6.45, 7) is 0. The van der Waals surface area contributed by atoms with E-state index in [1.54, 1.807) is 18.2 Å². The molecule has 4 amide bonds. The summed E-state index contributed by atoms with van der Waals surface area (Å²) in [7, 11) is 0. The molecule has 4 aromatic carbocycles. The quantitative estimate of drug-likeness (QED) is 0.0515. The van der Waals surface area contributed by atoms with Crippen LogP contribution in [0.4, 0.5) is 51.2 Å². The zero-order valence-corrected chi connectivity index (χ0v) is 25.2. The fourth-order valence-electron chi connectivity index (χ4n) is 4.02. The van der Waals surface area contributed by atoms with Crippen LogP contribution in [-0.2, 0) is 6.18 Å². The third-order valence-electron chi connectivity index (χ3n) is 6.17. The van der Waals surface area contributed by atoms with Gasteiger partial charge in [-0.05, 0) is 70.5 Å². The minimum absolute atomic E-state index is 0.00245. The highest BCUT2D eigenvalue weighted by Gasteiger charge is 2.37. The first-order valence-corrected chi connectivity index (χ1v) is 13.7. The first kappa shape index (κ1) is 33.3. The summed E-state index contributed by atoms with van der Waals surface area (Å²) in [6, 6.07) is 11.7. The number of nitro benzene ring substituents is 1. The maximum absolute atomic E-state index is 14.0. The third kappa shape index (κ3) is 7.05. The number of nitrogens with two attached hydrogens (primary N) is 1. The molecule has 0 aliphatic carbocycles. The second-order valence-corrected chi connectivity index (χ2v) is 10.4. The van der Waals surface area contributed by atoms with Gasteiger partial charge in [-0.15, -0.1) is 0 Å². The number of hydrazine groups is 1. The van der Waals surface area contributed by atoms with Gasteiger partial charge >= 0.3 is 23.9 Å². The molecular weight excluding hydrogens is 703 g/mol. The van der Waals surface area contributed by atoms with Crippen LogP contribution in [-0.4, -0.2) is 33.0 Å². The Labute approximate surface area is 270 Å². The third-order valence-corrected chi connectivity index (χ3v) is 7.19. The number of phenols is 2. The average molecular weight is 723 g/mol. The molecule has 0 bridgehead atoms. The molecule has 0 atom stereocenters. The Hall–Kier alpha value is -5.55. The van der Waals surface area contributed by atoms with Crippen molar-refractivity contribution in [1.29, 1.82) is 5.41 Å². The minimum atomic E-state index is -4.85. The van der Waals surface area contributed by atoms with Gasteiger partial charge in [0, 0.05) is 16.1 Å². The first-order valence-electron chi connectivity index (χ1n) is 12.6. The number of anilines is 4. The van der Waals surface area contributed by atoms with Crippen LogP contribution < -0.4 is 26.4 Å². The molecule has 0 aromatic heterocycles. The number of nitrogen functional groups attached to an aromatic ring is 1. The number of hydrogen-bond donors (Lipinski definition) is 6. The molecular formula is C28H20BrClF3N7O6. The van der Waals surface area contributed by atoms with E-state index in [0.29, 0.717) is 26.6 Å². The maximum Gasteiger partial charge on any atom is 0.416 e. The summed E-state index contributed by atoms with van der Waals surface area (Å²) < 4.78 is 40.8. The van der Waals surface area contributed by atoms with Crippen molar-refractivity contribution in [2.45, 2.75) is 6.18 Å². The number of halogens is 5. The summed E-state index contributed by atoms with van der Waals surface area (Å²) in [4.78, 5) is 38.7. The van der Waals surface area contributed by atoms with Crippen molar-refractivity contribution in [3.05, 3.63) is 110 Å². The number of carbonyl (C=O) groups is 2. The van der Waals surface area contributed by atoms with Gasteiger partial charge in [-0.2, -0.15) is 23.2 Å². The normalized spacial score (nSPS) is 11.0. The largest absolute Gasteiger partial charge is 0.506 e. The molecule has 0 unspecified atom stereocenters. The van der Waals surface area contributed by atoms with Crippen molar-refractivity contribution in [3.8, 4) is 11.5 Å². The number of nitrogens with zero attached hydrogens (tertiary/aromatic N) is 3. The van der Waals surface area contributed by atoms with E-state index in [1.165, 1.54) is 12.1 Å². The highest BCUT2D eigenvalue weighted by Crippen LogP contribution is 2.41. The molecule has 0 spiro atoms. The lowest BCUT2D eigenvalue weighted by molar-refractivity contribution is -0.385. The molecule has 4 aromatic rings. The topological polar surface area (TPSA) is 198 Å². The van der Waals surface area contributed by atoms with Crippen molar-refractivity contribution >= 4 is 73.9 Å². The number of aromatic hydroxyl groups is 2. The monoisotopic (exact) mass is 721 g/mol. The highest BCUT2D eigenvalue weighted by atomic mass is 79.9. The van der Waals surface area contributed by atoms with Gasteiger partial charge in [-0.3, -0.25) is 15.5 Å². The van der Waals surface area contributed by atoms with Gasteiger partial charge in [-0.25, -0.2) is 9.59 Å². The summed E-state index contributed by atoms with van der Waals surface area (Å²) in [5.41, 5.74) is 1.74. The van der Waals surface area contributed by atoms with Crippen LogP contribution in [0.5, 0.6) is 11.5 Å². The molecule has 0 saturated carbocycles. The molecule has 0 fully saturated rings. The predicted molar refractivity (Wildman–Crippen MR) is 167 cm³/mol. The summed E-state index contributed by atoms with van der Waals surface area (Å²) >= 11 is 9.34. The number of carbonyl (C=O) groups excluding carboxylic acids is 2. The number of amides is 4. The Morgan fingerprint density at radius 3 is 2.13 bits per heavy atom. The van der Waals surface area contributed by atoms with E-state index >= 15 is 0 Å². The van der Waals surface area contributed by atoms with Crippen molar-refractivity contribution in [1.82, 2.24) is 0 Å². The van der Waals surface area contributed by atoms with Crippen LogP contribution in [0.1, 0.15) is 11.1 Å². The number of nitro groups is 1. The van der Waals surface area contributed by atoms with E-state index in [4.69, 9.17) is 22.7 Å². The molecule has 0 saturated heterocycles. The van der Waals surface area contributed by atoms with Crippen LogP contribution in [0.2, 0.25) is 5.02 Å². The number of nitrogens with one attached hydrogen (secondary N) is 3. The van der Waals surface area contributed by atoms with Gasteiger partial charge < -0.3 is 26.6 Å². The molecule has 4 rings (SSSR count). The van der Waals surface area contributed by atoms with Crippen molar-refractivity contribution in [3.63, 3.8) is 0 Å². The van der Waals surface area contributed by atoms with E-state index in [-0.39, 0.29) is 16.3 Å². The lowest BCUT2D eigenvalue weighted by atomic mass is 10.1. The molecule has 0 aliphatic rings. The summed E-state index contributed by atoms with van der Waals surface area (Å²) in [5.74, 6) is -2.35. The van der Waals surface area contributed by atoms with Crippen molar-refractivity contribution in [2.75, 3.05) is 20.7 Å². The maximum atomic E-state index is 14.0. The highest BCUT2D eigenvalue weighted by molar-refractivity contribution is 9.10. The second kappa shape index (κ2) is 13.2. The number of para-hydroxylation sites is 2. The Balaban J connectivity index is 1.97. The van der Waals surface area contributed by atoms with E-state index < -0.39 is 68.8 Å². The Kier molecular flexibility index (Phi) is 9.57. The van der Waals surface area contributed by atoms with E-state index in [1.807, 2.05) is 0 Å². The van der Waals surface area contributed by atoms with Crippen LogP contribution >= 0.6 is 27.5 Å². The smallest absolute Gasteiger partial charge is 0.416 e.